The van der Waals surface area contributed by atoms with Crippen molar-refractivity contribution >= 4 is 6.03 Å². The van der Waals surface area contributed by atoms with E-state index in [9.17, 15) is 9.18 Å². The predicted molar refractivity (Wildman–Crippen MR) is 123 cm³/mol. The fourth-order valence-electron chi connectivity index (χ4n) is 3.87. The molecule has 2 atom stereocenters. The normalized spacial score (nSPS) is 19.2. The number of halogens is 1. The van der Waals surface area contributed by atoms with Gasteiger partial charge in [-0.15, -0.1) is 0 Å². The number of nitrogens with one attached hydrogen (secondary N) is 1. The Bertz CT molecular complexity index is 864. The van der Waals surface area contributed by atoms with Gasteiger partial charge in [-0.25, -0.2) is 9.18 Å². The van der Waals surface area contributed by atoms with Crippen LogP contribution in [0.3, 0.4) is 0 Å². The van der Waals surface area contributed by atoms with Crippen molar-refractivity contribution < 1.29 is 13.9 Å². The van der Waals surface area contributed by atoms with Gasteiger partial charge in [-0.2, -0.15) is 5.10 Å². The molecule has 7 nitrogen and oxygen atoms in total. The number of rotatable bonds is 8. The number of aromatic nitrogens is 2. The van der Waals surface area contributed by atoms with E-state index in [0.717, 1.165) is 29.2 Å². The van der Waals surface area contributed by atoms with Gasteiger partial charge in [0.1, 0.15) is 11.9 Å². The van der Waals surface area contributed by atoms with Crippen LogP contribution in [0, 0.1) is 12.8 Å². The number of piperidine rings is 1. The van der Waals surface area contributed by atoms with Crippen LogP contribution in [0.5, 0.6) is 5.75 Å². The fraction of sp³-hybridized carbons (Fsp3) is 0.583. The Morgan fingerprint density at radius 2 is 2.03 bits per heavy atom. The summed E-state index contributed by atoms with van der Waals surface area (Å²) in [6.45, 7) is 8.57. The van der Waals surface area contributed by atoms with Crippen LogP contribution in [-0.2, 0) is 20.1 Å². The Balaban J connectivity index is 1.66. The van der Waals surface area contributed by atoms with Crippen molar-refractivity contribution in [3.05, 3.63) is 47.3 Å². The lowest BCUT2D eigenvalue weighted by atomic mass is 10.0. The van der Waals surface area contributed by atoms with Gasteiger partial charge in [0.2, 0.25) is 0 Å². The van der Waals surface area contributed by atoms with E-state index in [-0.39, 0.29) is 12.6 Å². The van der Waals surface area contributed by atoms with Gasteiger partial charge in [-0.1, -0.05) is 26.0 Å². The molecule has 0 aliphatic carbocycles. The summed E-state index contributed by atoms with van der Waals surface area (Å²) in [6, 6.07) is 8.90. The first-order valence-corrected chi connectivity index (χ1v) is 11.3. The zero-order valence-electron chi connectivity index (χ0n) is 19.8. The molecule has 1 N–H and O–H groups in total. The molecule has 176 valence electrons. The highest BCUT2D eigenvalue weighted by Gasteiger charge is 2.35. The van der Waals surface area contributed by atoms with Crippen LogP contribution >= 0.6 is 0 Å². The van der Waals surface area contributed by atoms with Crippen molar-refractivity contribution in [1.29, 1.82) is 0 Å². The van der Waals surface area contributed by atoms with E-state index in [1.165, 1.54) is 0 Å². The Kier molecular flexibility index (Phi) is 8.12. The molecule has 8 heteroatoms. The summed E-state index contributed by atoms with van der Waals surface area (Å²) in [7, 11) is 3.77. The molecule has 1 fully saturated rings. The highest BCUT2D eigenvalue weighted by Crippen LogP contribution is 2.22. The maximum absolute atomic E-state index is 14.9. The highest BCUT2D eigenvalue weighted by atomic mass is 19.1. The van der Waals surface area contributed by atoms with Gasteiger partial charge in [0, 0.05) is 32.4 Å². The monoisotopic (exact) mass is 445 g/mol. The maximum atomic E-state index is 14.9. The zero-order chi connectivity index (χ0) is 23.3. The summed E-state index contributed by atoms with van der Waals surface area (Å²) in [5.41, 5.74) is 2.72. The number of ether oxygens (including phenoxy) is 1. The van der Waals surface area contributed by atoms with Crippen LogP contribution < -0.4 is 10.1 Å². The third-order valence-electron chi connectivity index (χ3n) is 5.82. The number of benzene rings is 1. The Morgan fingerprint density at radius 1 is 1.31 bits per heavy atom. The quantitative estimate of drug-likeness (QED) is 0.675. The molecule has 32 heavy (non-hydrogen) atoms. The smallest absolute Gasteiger partial charge is 0.318 e. The second-order valence-corrected chi connectivity index (χ2v) is 9.17. The molecule has 0 saturated carbocycles. The van der Waals surface area contributed by atoms with E-state index in [1.807, 2.05) is 56.3 Å². The first-order chi connectivity index (χ1) is 15.2. The molecule has 1 aliphatic heterocycles. The summed E-state index contributed by atoms with van der Waals surface area (Å²) < 4.78 is 22.4. The van der Waals surface area contributed by atoms with Crippen LogP contribution in [0.25, 0.3) is 0 Å². The van der Waals surface area contributed by atoms with Crippen molar-refractivity contribution in [3.63, 3.8) is 0 Å². The third kappa shape index (κ3) is 6.45. The maximum Gasteiger partial charge on any atom is 0.318 e. The van der Waals surface area contributed by atoms with E-state index >= 15 is 0 Å². The second kappa shape index (κ2) is 10.8. The van der Waals surface area contributed by atoms with Gasteiger partial charge in [0.05, 0.1) is 24.9 Å². The predicted octanol–water partition coefficient (Wildman–Crippen LogP) is 3.52. The minimum absolute atomic E-state index is 0.273. The van der Waals surface area contributed by atoms with E-state index in [4.69, 9.17) is 4.74 Å². The highest BCUT2D eigenvalue weighted by molar-refractivity contribution is 5.74. The average molecular weight is 446 g/mol. The molecule has 1 aromatic heterocycles. The van der Waals surface area contributed by atoms with Crippen LogP contribution in [0.1, 0.15) is 37.2 Å². The molecule has 2 aromatic rings. The van der Waals surface area contributed by atoms with Gasteiger partial charge in [-0.3, -0.25) is 4.68 Å². The molecule has 2 amide bonds. The lowest BCUT2D eigenvalue weighted by Gasteiger charge is -2.39. The number of likely N-dealkylation sites (tertiary alicyclic amines) is 1. The molecule has 1 saturated heterocycles. The molecule has 1 aromatic carbocycles. The van der Waals surface area contributed by atoms with Crippen LogP contribution in [0.4, 0.5) is 9.18 Å². The molecular formula is C24H36FN5O2. The topological polar surface area (TPSA) is 62.6 Å². The minimum atomic E-state index is -1.10. The number of hydrogen-bond acceptors (Lipinski definition) is 4. The molecular weight excluding hydrogens is 409 g/mol. The van der Waals surface area contributed by atoms with Crippen molar-refractivity contribution in [1.82, 2.24) is 24.9 Å². The first-order valence-electron chi connectivity index (χ1n) is 11.3. The van der Waals surface area contributed by atoms with Crippen LogP contribution in [-0.4, -0.2) is 64.6 Å². The van der Waals surface area contributed by atoms with Crippen molar-refractivity contribution in [2.45, 2.75) is 52.5 Å². The van der Waals surface area contributed by atoms with Crippen LogP contribution in [0.15, 0.2) is 30.3 Å². The average Bonchev–Trinajstić information content (AvgIpc) is 3.07. The van der Waals surface area contributed by atoms with Gasteiger partial charge in [-0.05, 0) is 50.1 Å². The summed E-state index contributed by atoms with van der Waals surface area (Å²) in [4.78, 5) is 16.7. The van der Waals surface area contributed by atoms with Crippen molar-refractivity contribution in [2.24, 2.45) is 13.0 Å². The number of alkyl halides is 1. The van der Waals surface area contributed by atoms with Gasteiger partial charge in [0.25, 0.3) is 0 Å². The Morgan fingerprint density at radius 3 is 2.62 bits per heavy atom. The lowest BCUT2D eigenvalue weighted by Crippen LogP contribution is -2.55. The second-order valence-electron chi connectivity index (χ2n) is 9.17. The first kappa shape index (κ1) is 24.0. The summed E-state index contributed by atoms with van der Waals surface area (Å²) in [5.74, 6) is 1.27. The lowest BCUT2D eigenvalue weighted by molar-refractivity contribution is 0.0565. The van der Waals surface area contributed by atoms with Crippen molar-refractivity contribution in [3.8, 4) is 5.75 Å². The molecule has 0 radical (unpaired) electrons. The van der Waals surface area contributed by atoms with Gasteiger partial charge in [0.15, 0.2) is 0 Å². The van der Waals surface area contributed by atoms with E-state index in [0.29, 0.717) is 32.0 Å². The zero-order valence-corrected chi connectivity index (χ0v) is 19.8. The summed E-state index contributed by atoms with van der Waals surface area (Å²) >= 11 is 0. The summed E-state index contributed by atoms with van der Waals surface area (Å²) in [5, 5.41) is 7.44. The molecule has 1 aliphatic rings. The molecule has 0 unspecified atom stereocenters. The standard InChI is InChI=1S/C24H36FN5O2/c1-17(2)16-32-21-8-6-19(7-9-21)13-26-24(31)30(14-20-12-18(3)29(5)27-20)23-10-11-28(4)15-22(23)25/h6-9,12,17,22-23H,10-11,13-16H2,1-5H3,(H,26,31)/t22-,23+/m1/s1. The summed E-state index contributed by atoms with van der Waals surface area (Å²) in [6.07, 6.45) is -0.500. The Labute approximate surface area is 190 Å². The van der Waals surface area contributed by atoms with Crippen LogP contribution in [0.2, 0.25) is 0 Å². The molecule has 0 spiro atoms. The molecule has 3 rings (SSSR count). The number of nitrogens with zero attached hydrogens (tertiary/aromatic N) is 4. The molecule has 0 bridgehead atoms. The number of aryl methyl sites for hydroxylation is 2. The molecule has 2 heterocycles. The van der Waals surface area contributed by atoms with E-state index in [2.05, 4.69) is 24.3 Å². The number of carbonyl (C=O) groups is 1. The Hall–Kier alpha value is -2.61. The number of hydrogen-bond donors (Lipinski definition) is 1. The van der Waals surface area contributed by atoms with Gasteiger partial charge >= 0.3 is 6.03 Å². The van der Waals surface area contributed by atoms with E-state index in [1.54, 1.807) is 9.58 Å². The van der Waals surface area contributed by atoms with Gasteiger partial charge < -0.3 is 19.9 Å². The SMILES string of the molecule is Cc1cc(CN(C(=O)NCc2ccc(OCC(C)C)cc2)[C@H]2CCN(C)C[C@H]2F)nn1C. The number of amides is 2. The van der Waals surface area contributed by atoms with Crippen molar-refractivity contribution in [2.75, 3.05) is 26.7 Å². The third-order valence-corrected chi connectivity index (χ3v) is 5.82. The fourth-order valence-corrected chi connectivity index (χ4v) is 3.87. The largest absolute Gasteiger partial charge is 0.493 e. The number of carbonyl (C=O) groups excluding carboxylic acids is 1. The number of urea groups is 1. The minimum Gasteiger partial charge on any atom is -0.493 e. The van der Waals surface area contributed by atoms with E-state index < -0.39 is 12.2 Å².